The van der Waals surface area contributed by atoms with E-state index in [9.17, 15) is 19.5 Å². The van der Waals surface area contributed by atoms with Crippen molar-refractivity contribution in [1.29, 1.82) is 0 Å². The van der Waals surface area contributed by atoms with E-state index in [1.165, 1.54) is 4.90 Å². The number of hydrogen-bond acceptors (Lipinski definition) is 3. The highest BCUT2D eigenvalue weighted by Gasteiger charge is 2.27. The third kappa shape index (κ3) is 3.25. The van der Waals surface area contributed by atoms with Gasteiger partial charge in [-0.1, -0.05) is 30.3 Å². The van der Waals surface area contributed by atoms with Crippen LogP contribution in [0, 0.1) is 0 Å². The average molecular weight is 277 g/mol. The molecule has 7 nitrogen and oxygen atoms in total. The van der Waals surface area contributed by atoms with Crippen LogP contribution in [-0.4, -0.2) is 47.5 Å². The highest BCUT2D eigenvalue weighted by Crippen LogP contribution is 2.13. The van der Waals surface area contributed by atoms with Crippen molar-refractivity contribution < 1.29 is 19.5 Å². The summed E-state index contributed by atoms with van der Waals surface area (Å²) in [5.41, 5.74) is 0.481. The molecule has 0 aromatic heterocycles. The number of carbonyl (C=O) groups excluding carboxylic acids is 2. The molecule has 3 N–H and O–H groups in total. The Morgan fingerprint density at radius 2 is 2.00 bits per heavy atom. The molecule has 0 saturated carbocycles. The van der Waals surface area contributed by atoms with Gasteiger partial charge in [0.1, 0.15) is 6.54 Å². The minimum Gasteiger partial charge on any atom is -0.479 e. The van der Waals surface area contributed by atoms with Crippen molar-refractivity contribution in [3.63, 3.8) is 0 Å². The van der Waals surface area contributed by atoms with E-state index in [0.29, 0.717) is 18.7 Å². The third-order valence-corrected chi connectivity index (χ3v) is 2.97. The Labute approximate surface area is 115 Å². The van der Waals surface area contributed by atoms with Crippen LogP contribution in [-0.2, 0) is 9.59 Å². The van der Waals surface area contributed by atoms with Gasteiger partial charge in [-0.05, 0) is 5.56 Å². The zero-order valence-electron chi connectivity index (χ0n) is 10.7. The molecule has 1 atom stereocenters. The molecule has 1 aliphatic heterocycles. The summed E-state index contributed by atoms with van der Waals surface area (Å²) in [4.78, 5) is 35.8. The summed E-state index contributed by atoms with van der Waals surface area (Å²) in [6.07, 6.45) is 0. The number of aliphatic carboxylic acids is 1. The SMILES string of the molecule is O=C1CN(C(=O)N[C@H](C(=O)O)c2ccccc2)CCN1. The molecule has 0 bridgehead atoms. The molecule has 2 rings (SSSR count). The molecule has 0 aliphatic carbocycles. The second kappa shape index (κ2) is 6.05. The van der Waals surface area contributed by atoms with Crippen LogP contribution in [0.5, 0.6) is 0 Å². The van der Waals surface area contributed by atoms with Crippen molar-refractivity contribution in [3.05, 3.63) is 35.9 Å². The number of rotatable bonds is 3. The fourth-order valence-corrected chi connectivity index (χ4v) is 1.96. The Kier molecular flexibility index (Phi) is 4.19. The zero-order valence-corrected chi connectivity index (χ0v) is 10.7. The van der Waals surface area contributed by atoms with Gasteiger partial charge in [0.25, 0.3) is 0 Å². The Balaban J connectivity index is 2.07. The first-order valence-electron chi connectivity index (χ1n) is 6.18. The minimum absolute atomic E-state index is 0.0625. The molecule has 20 heavy (non-hydrogen) atoms. The molecular formula is C13H15N3O4. The van der Waals surface area contributed by atoms with Crippen molar-refractivity contribution in [2.45, 2.75) is 6.04 Å². The first kappa shape index (κ1) is 13.9. The molecule has 3 amide bonds. The van der Waals surface area contributed by atoms with E-state index in [2.05, 4.69) is 10.6 Å². The van der Waals surface area contributed by atoms with E-state index in [1.54, 1.807) is 30.3 Å². The van der Waals surface area contributed by atoms with Gasteiger partial charge >= 0.3 is 12.0 Å². The highest BCUT2D eigenvalue weighted by atomic mass is 16.4. The van der Waals surface area contributed by atoms with Gasteiger partial charge in [0.15, 0.2) is 6.04 Å². The highest BCUT2D eigenvalue weighted by molar-refractivity contribution is 5.88. The number of nitrogens with zero attached hydrogens (tertiary/aromatic N) is 1. The van der Waals surface area contributed by atoms with Crippen LogP contribution in [0.15, 0.2) is 30.3 Å². The average Bonchev–Trinajstić information content (AvgIpc) is 2.45. The van der Waals surface area contributed by atoms with Gasteiger partial charge in [0, 0.05) is 13.1 Å². The van der Waals surface area contributed by atoms with Crippen LogP contribution in [0.2, 0.25) is 0 Å². The van der Waals surface area contributed by atoms with E-state index in [-0.39, 0.29) is 12.5 Å². The quantitative estimate of drug-likeness (QED) is 0.721. The normalized spacial score (nSPS) is 16.2. The Bertz CT molecular complexity index is 518. The van der Waals surface area contributed by atoms with Gasteiger partial charge < -0.3 is 20.6 Å². The van der Waals surface area contributed by atoms with Crippen molar-refractivity contribution in [3.8, 4) is 0 Å². The maximum absolute atomic E-state index is 12.0. The summed E-state index contributed by atoms with van der Waals surface area (Å²) in [6, 6.07) is 6.73. The molecule has 0 unspecified atom stereocenters. The van der Waals surface area contributed by atoms with E-state index in [0.717, 1.165) is 0 Å². The lowest BCUT2D eigenvalue weighted by Crippen LogP contribution is -2.54. The number of amides is 3. The first-order chi connectivity index (χ1) is 9.58. The standard InChI is InChI=1S/C13H15N3O4/c17-10-8-16(7-6-14-10)13(20)15-11(12(18)19)9-4-2-1-3-5-9/h1-5,11H,6-8H2,(H,14,17)(H,15,20)(H,18,19)/t11-/m0/s1. The Morgan fingerprint density at radius 3 is 2.60 bits per heavy atom. The number of carbonyl (C=O) groups is 3. The van der Waals surface area contributed by atoms with Gasteiger partial charge in [-0.15, -0.1) is 0 Å². The molecule has 1 aromatic carbocycles. The summed E-state index contributed by atoms with van der Waals surface area (Å²) < 4.78 is 0. The fourth-order valence-electron chi connectivity index (χ4n) is 1.96. The smallest absolute Gasteiger partial charge is 0.330 e. The number of piperazine rings is 1. The maximum atomic E-state index is 12.0. The van der Waals surface area contributed by atoms with Gasteiger partial charge in [-0.3, -0.25) is 4.79 Å². The lowest BCUT2D eigenvalue weighted by atomic mass is 10.1. The summed E-state index contributed by atoms with van der Waals surface area (Å²) in [6.45, 7) is 0.668. The number of urea groups is 1. The molecule has 7 heteroatoms. The largest absolute Gasteiger partial charge is 0.479 e. The van der Waals surface area contributed by atoms with Crippen LogP contribution in [0.3, 0.4) is 0 Å². The van der Waals surface area contributed by atoms with Gasteiger partial charge in [-0.25, -0.2) is 9.59 Å². The lowest BCUT2D eigenvalue weighted by molar-refractivity contribution is -0.139. The number of nitrogens with one attached hydrogen (secondary N) is 2. The second-order valence-electron chi connectivity index (χ2n) is 4.40. The van der Waals surface area contributed by atoms with Crippen molar-refractivity contribution >= 4 is 17.9 Å². The lowest BCUT2D eigenvalue weighted by Gasteiger charge is -2.28. The van der Waals surface area contributed by atoms with Crippen molar-refractivity contribution in [1.82, 2.24) is 15.5 Å². The summed E-state index contributed by atoms with van der Waals surface area (Å²) >= 11 is 0. The monoisotopic (exact) mass is 277 g/mol. The van der Waals surface area contributed by atoms with Gasteiger partial charge in [-0.2, -0.15) is 0 Å². The molecular weight excluding hydrogens is 262 g/mol. The molecule has 1 fully saturated rings. The van der Waals surface area contributed by atoms with Gasteiger partial charge in [0.2, 0.25) is 5.91 Å². The predicted octanol–water partition coefficient (Wildman–Crippen LogP) is -0.0463. The van der Waals surface area contributed by atoms with Crippen LogP contribution >= 0.6 is 0 Å². The van der Waals surface area contributed by atoms with Crippen LogP contribution in [0.4, 0.5) is 4.79 Å². The first-order valence-corrected chi connectivity index (χ1v) is 6.18. The Morgan fingerprint density at radius 1 is 1.30 bits per heavy atom. The fraction of sp³-hybridized carbons (Fsp3) is 0.308. The number of carboxylic acid groups (broad SMARTS) is 1. The van der Waals surface area contributed by atoms with Crippen LogP contribution < -0.4 is 10.6 Å². The van der Waals surface area contributed by atoms with Crippen LogP contribution in [0.1, 0.15) is 11.6 Å². The number of carboxylic acids is 1. The van der Waals surface area contributed by atoms with E-state index in [1.807, 2.05) is 0 Å². The Hall–Kier alpha value is -2.57. The molecule has 1 aromatic rings. The zero-order chi connectivity index (χ0) is 14.5. The predicted molar refractivity (Wildman–Crippen MR) is 69.9 cm³/mol. The summed E-state index contributed by atoms with van der Waals surface area (Å²) in [5, 5.41) is 14.2. The molecule has 1 heterocycles. The number of hydrogen-bond donors (Lipinski definition) is 3. The maximum Gasteiger partial charge on any atom is 0.330 e. The molecule has 1 saturated heterocycles. The van der Waals surface area contributed by atoms with Crippen molar-refractivity contribution in [2.24, 2.45) is 0 Å². The van der Waals surface area contributed by atoms with E-state index < -0.39 is 18.0 Å². The summed E-state index contributed by atoms with van der Waals surface area (Å²) in [7, 11) is 0. The summed E-state index contributed by atoms with van der Waals surface area (Å²) in [5.74, 6) is -1.40. The second-order valence-corrected chi connectivity index (χ2v) is 4.40. The van der Waals surface area contributed by atoms with Crippen molar-refractivity contribution in [2.75, 3.05) is 19.6 Å². The molecule has 106 valence electrons. The third-order valence-electron chi connectivity index (χ3n) is 2.97. The number of benzene rings is 1. The van der Waals surface area contributed by atoms with E-state index >= 15 is 0 Å². The molecule has 0 radical (unpaired) electrons. The van der Waals surface area contributed by atoms with E-state index in [4.69, 9.17) is 0 Å². The molecule has 0 spiro atoms. The van der Waals surface area contributed by atoms with Gasteiger partial charge in [0.05, 0.1) is 0 Å². The molecule has 1 aliphatic rings. The topological polar surface area (TPSA) is 98.7 Å². The minimum atomic E-state index is -1.15. The van der Waals surface area contributed by atoms with Crippen LogP contribution in [0.25, 0.3) is 0 Å².